The van der Waals surface area contributed by atoms with E-state index in [9.17, 15) is 10.2 Å². The summed E-state index contributed by atoms with van der Waals surface area (Å²) in [6, 6.07) is 9.36. The van der Waals surface area contributed by atoms with Crippen LogP contribution < -0.4 is 0 Å². The first-order valence-corrected chi connectivity index (χ1v) is 6.71. The number of aliphatic hydroxyl groups is 2. The lowest BCUT2D eigenvalue weighted by atomic mass is 10.1. The summed E-state index contributed by atoms with van der Waals surface area (Å²) in [7, 11) is 1.38. The number of ether oxygens (including phenoxy) is 5. The molecule has 7 nitrogen and oxygen atoms in total. The lowest BCUT2D eigenvalue weighted by Gasteiger charge is -2.36. The Hall–Kier alpha value is -1.06. The average molecular weight is 298 g/mol. The van der Waals surface area contributed by atoms with Gasteiger partial charge in [-0.25, -0.2) is 0 Å². The molecular formula is C14H18O7. The van der Waals surface area contributed by atoms with Crippen molar-refractivity contribution in [3.63, 3.8) is 0 Å². The molecule has 0 saturated carbocycles. The molecule has 0 spiro atoms. The van der Waals surface area contributed by atoms with Gasteiger partial charge >= 0.3 is 0 Å². The predicted octanol–water partition coefficient (Wildman–Crippen LogP) is 0.125. The first-order chi connectivity index (χ1) is 10.2. The van der Waals surface area contributed by atoms with Gasteiger partial charge in [-0.1, -0.05) is 30.3 Å². The van der Waals surface area contributed by atoms with Crippen LogP contribution in [0.3, 0.4) is 0 Å². The molecule has 0 aromatic heterocycles. The molecule has 0 radical (unpaired) electrons. The maximum atomic E-state index is 10.0. The Labute approximate surface area is 121 Å². The highest BCUT2D eigenvalue weighted by atomic mass is 16.8. The molecule has 2 aliphatic heterocycles. The highest BCUT2D eigenvalue weighted by Gasteiger charge is 2.45. The Morgan fingerprint density at radius 2 is 1.81 bits per heavy atom. The number of fused-ring (bicyclic) bond motifs is 1. The number of rotatable bonds is 2. The fraction of sp³-hybridized carbons (Fsp3) is 0.571. The van der Waals surface area contributed by atoms with Crippen LogP contribution in [0.4, 0.5) is 0 Å². The van der Waals surface area contributed by atoms with E-state index in [1.165, 1.54) is 7.11 Å². The molecule has 0 aliphatic carbocycles. The van der Waals surface area contributed by atoms with E-state index in [2.05, 4.69) is 0 Å². The molecular weight excluding hydrogens is 280 g/mol. The van der Waals surface area contributed by atoms with Gasteiger partial charge in [-0.2, -0.15) is 0 Å². The first-order valence-electron chi connectivity index (χ1n) is 6.71. The third-order valence-corrected chi connectivity index (χ3v) is 3.46. The van der Waals surface area contributed by atoms with Crippen LogP contribution >= 0.6 is 0 Å². The highest BCUT2D eigenvalue weighted by molar-refractivity contribution is 5.16. The van der Waals surface area contributed by atoms with Crippen molar-refractivity contribution in [2.75, 3.05) is 13.7 Å². The van der Waals surface area contributed by atoms with Crippen LogP contribution in [0.25, 0.3) is 0 Å². The molecule has 1 unspecified atom stereocenters. The second-order valence-electron chi connectivity index (χ2n) is 4.87. The molecule has 2 aliphatic rings. The molecule has 2 N–H and O–H groups in total. The number of benzene rings is 1. The van der Waals surface area contributed by atoms with Gasteiger partial charge in [0.1, 0.15) is 12.2 Å². The fourth-order valence-electron chi connectivity index (χ4n) is 2.40. The first kappa shape index (κ1) is 14.9. The van der Waals surface area contributed by atoms with E-state index in [1.54, 1.807) is 0 Å². The molecule has 0 amide bonds. The summed E-state index contributed by atoms with van der Waals surface area (Å²) >= 11 is 0. The van der Waals surface area contributed by atoms with E-state index in [0.717, 1.165) is 5.56 Å². The second-order valence-corrected chi connectivity index (χ2v) is 4.87. The normalized spacial score (nSPS) is 40.3. The van der Waals surface area contributed by atoms with Crippen LogP contribution in [0.5, 0.6) is 0 Å². The van der Waals surface area contributed by atoms with Gasteiger partial charge in [0, 0.05) is 12.7 Å². The van der Waals surface area contributed by atoms with E-state index in [0.29, 0.717) is 0 Å². The van der Waals surface area contributed by atoms with Crippen molar-refractivity contribution in [3.05, 3.63) is 35.9 Å². The summed E-state index contributed by atoms with van der Waals surface area (Å²) in [6.45, 7) is 0.192. The Morgan fingerprint density at radius 3 is 2.52 bits per heavy atom. The number of aliphatic hydroxyl groups excluding tert-OH is 2. The van der Waals surface area contributed by atoms with Gasteiger partial charge in [0.2, 0.25) is 12.6 Å². The van der Waals surface area contributed by atoms with Crippen LogP contribution in [0, 0.1) is 0 Å². The van der Waals surface area contributed by atoms with Gasteiger partial charge < -0.3 is 33.9 Å². The van der Waals surface area contributed by atoms with E-state index in [4.69, 9.17) is 23.7 Å². The maximum absolute atomic E-state index is 10.0. The van der Waals surface area contributed by atoms with Gasteiger partial charge in [-0.3, -0.25) is 0 Å². The van der Waals surface area contributed by atoms with Crippen LogP contribution in [-0.2, 0) is 23.7 Å². The molecule has 21 heavy (non-hydrogen) atoms. The molecule has 0 bridgehead atoms. The minimum atomic E-state index is -1.39. The molecule has 116 valence electrons. The van der Waals surface area contributed by atoms with Gasteiger partial charge in [0.05, 0.1) is 6.61 Å². The van der Waals surface area contributed by atoms with Crippen molar-refractivity contribution >= 4 is 0 Å². The zero-order chi connectivity index (χ0) is 14.8. The summed E-state index contributed by atoms with van der Waals surface area (Å²) < 4.78 is 26.9. The maximum Gasteiger partial charge on any atom is 0.209 e. The number of methoxy groups -OCH3 is 1. The lowest BCUT2D eigenvalue weighted by molar-refractivity contribution is -0.307. The third-order valence-electron chi connectivity index (χ3n) is 3.46. The largest absolute Gasteiger partial charge is 0.366 e. The number of hydrogen-bond donors (Lipinski definition) is 2. The summed E-state index contributed by atoms with van der Waals surface area (Å²) in [5.41, 5.74) is 0.830. The van der Waals surface area contributed by atoms with Crippen molar-refractivity contribution in [3.8, 4) is 0 Å². The van der Waals surface area contributed by atoms with Crippen LogP contribution in [-0.4, -0.2) is 55.0 Å². The third kappa shape index (κ3) is 3.09. The quantitative estimate of drug-likeness (QED) is 0.802. The minimum absolute atomic E-state index is 0.192. The Kier molecular flexibility index (Phi) is 4.51. The smallest absolute Gasteiger partial charge is 0.209 e. The van der Waals surface area contributed by atoms with Gasteiger partial charge in [0.25, 0.3) is 0 Å². The molecule has 3 rings (SSSR count). The fourth-order valence-corrected chi connectivity index (χ4v) is 2.40. The molecule has 2 heterocycles. The van der Waals surface area contributed by atoms with Crippen LogP contribution in [0.2, 0.25) is 0 Å². The summed E-state index contributed by atoms with van der Waals surface area (Å²) in [6.07, 6.45) is -5.73. The van der Waals surface area contributed by atoms with Gasteiger partial charge in [-0.05, 0) is 0 Å². The van der Waals surface area contributed by atoms with E-state index in [1.807, 2.05) is 30.3 Å². The monoisotopic (exact) mass is 298 g/mol. The summed E-state index contributed by atoms with van der Waals surface area (Å²) in [5, 5.41) is 19.8. The standard InChI is InChI=1S/C14H18O7/c1-17-14-12(16)21-11(15)10-9(19-14)7-18-13(20-10)8-5-3-2-4-6-8/h2-6,9-16H,7H2,1H3/t9-,10-,11?,12-,13-,14+/m1/s1. The van der Waals surface area contributed by atoms with Gasteiger partial charge in [0.15, 0.2) is 12.6 Å². The van der Waals surface area contributed by atoms with Gasteiger partial charge in [-0.15, -0.1) is 0 Å². The molecule has 7 heteroatoms. The average Bonchev–Trinajstić information content (AvgIpc) is 2.64. The van der Waals surface area contributed by atoms with Crippen molar-refractivity contribution < 1.29 is 33.9 Å². The summed E-state index contributed by atoms with van der Waals surface area (Å²) in [5.74, 6) is 0. The highest BCUT2D eigenvalue weighted by Crippen LogP contribution is 2.32. The van der Waals surface area contributed by atoms with E-state index < -0.39 is 37.4 Å². The van der Waals surface area contributed by atoms with E-state index in [-0.39, 0.29) is 6.61 Å². The van der Waals surface area contributed by atoms with Crippen molar-refractivity contribution in [1.29, 1.82) is 0 Å². The molecule has 2 fully saturated rings. The van der Waals surface area contributed by atoms with Crippen LogP contribution in [0.15, 0.2) is 30.3 Å². The zero-order valence-corrected chi connectivity index (χ0v) is 11.5. The molecule has 6 atom stereocenters. The molecule has 2 saturated heterocycles. The SMILES string of the molecule is CO[C@H]1O[C@@H]2CO[C@@H](c3ccccc3)O[C@H]2C(O)O[C@H]1O. The molecule has 1 aromatic rings. The lowest BCUT2D eigenvalue weighted by Crippen LogP contribution is -2.48. The topological polar surface area (TPSA) is 86.6 Å². The predicted molar refractivity (Wildman–Crippen MR) is 68.8 cm³/mol. The zero-order valence-electron chi connectivity index (χ0n) is 11.5. The van der Waals surface area contributed by atoms with Crippen LogP contribution in [0.1, 0.15) is 11.9 Å². The minimum Gasteiger partial charge on any atom is -0.366 e. The number of hydrogen-bond acceptors (Lipinski definition) is 7. The Bertz CT molecular complexity index is 454. The molecule has 1 aromatic carbocycles. The van der Waals surface area contributed by atoms with Crippen molar-refractivity contribution in [1.82, 2.24) is 0 Å². The summed E-state index contributed by atoms with van der Waals surface area (Å²) in [4.78, 5) is 0. The Morgan fingerprint density at radius 1 is 1.05 bits per heavy atom. The second kappa shape index (κ2) is 6.37. The van der Waals surface area contributed by atoms with Crippen molar-refractivity contribution in [2.24, 2.45) is 0 Å². The van der Waals surface area contributed by atoms with Crippen molar-refractivity contribution in [2.45, 2.75) is 37.4 Å². The van der Waals surface area contributed by atoms with E-state index >= 15 is 0 Å². The Balaban J connectivity index is 1.75.